The molecule has 1 aromatic carbocycles. The van der Waals surface area contributed by atoms with Crippen molar-refractivity contribution in [2.75, 3.05) is 22.5 Å². The number of rotatable bonds is 3. The minimum absolute atomic E-state index is 0.348. The average Bonchev–Trinajstić information content (AvgIpc) is 2.28. The SMILES string of the molecule is CC(C)(C)OC(=O)Nc1ccc(N)c(N2CCC2C(N)=O)c1. The smallest absolute Gasteiger partial charge is 0.412 e. The molecule has 1 fully saturated rings. The highest BCUT2D eigenvalue weighted by Gasteiger charge is 2.33. The van der Waals surface area contributed by atoms with Crippen LogP contribution in [-0.4, -0.2) is 30.2 Å². The van der Waals surface area contributed by atoms with Gasteiger partial charge in [-0.2, -0.15) is 0 Å². The number of amides is 2. The Morgan fingerprint density at radius 3 is 2.55 bits per heavy atom. The second-order valence-corrected chi connectivity index (χ2v) is 6.30. The predicted molar refractivity (Wildman–Crippen MR) is 85.7 cm³/mol. The van der Waals surface area contributed by atoms with Crippen LogP contribution in [0.5, 0.6) is 0 Å². The molecule has 7 heteroatoms. The highest BCUT2D eigenvalue weighted by Crippen LogP contribution is 2.33. The van der Waals surface area contributed by atoms with Gasteiger partial charge in [-0.05, 0) is 45.4 Å². The summed E-state index contributed by atoms with van der Waals surface area (Å²) in [6, 6.07) is 4.73. The van der Waals surface area contributed by atoms with Crippen molar-refractivity contribution in [3.8, 4) is 0 Å². The molecule has 1 aromatic rings. The third-order valence-corrected chi connectivity index (χ3v) is 3.33. The summed E-state index contributed by atoms with van der Waals surface area (Å²) in [6.07, 6.45) is 0.164. The molecule has 120 valence electrons. The Morgan fingerprint density at radius 2 is 2.05 bits per heavy atom. The highest BCUT2D eigenvalue weighted by molar-refractivity contribution is 5.90. The summed E-state index contributed by atoms with van der Waals surface area (Å²) in [5.41, 5.74) is 12.5. The summed E-state index contributed by atoms with van der Waals surface area (Å²) in [7, 11) is 0. The van der Waals surface area contributed by atoms with Gasteiger partial charge in [-0.15, -0.1) is 0 Å². The summed E-state index contributed by atoms with van der Waals surface area (Å²) < 4.78 is 5.20. The Kier molecular flexibility index (Phi) is 4.16. The molecule has 0 saturated carbocycles. The van der Waals surface area contributed by atoms with Gasteiger partial charge in [-0.1, -0.05) is 0 Å². The van der Waals surface area contributed by atoms with E-state index in [0.717, 1.165) is 0 Å². The van der Waals surface area contributed by atoms with E-state index in [1.54, 1.807) is 39.0 Å². The Bertz CT molecular complexity index is 595. The maximum Gasteiger partial charge on any atom is 0.412 e. The lowest BCUT2D eigenvalue weighted by molar-refractivity contribution is -0.120. The van der Waals surface area contributed by atoms with Gasteiger partial charge in [0.2, 0.25) is 5.91 Å². The number of ether oxygens (including phenoxy) is 1. The van der Waals surface area contributed by atoms with Gasteiger partial charge < -0.3 is 21.1 Å². The van der Waals surface area contributed by atoms with E-state index in [2.05, 4.69) is 5.32 Å². The molecule has 1 heterocycles. The molecular formula is C15H22N4O3. The molecule has 0 bridgehead atoms. The number of nitrogens with one attached hydrogen (secondary N) is 1. The third-order valence-electron chi connectivity index (χ3n) is 3.33. The van der Waals surface area contributed by atoms with E-state index in [9.17, 15) is 9.59 Å². The number of primary amides is 1. The van der Waals surface area contributed by atoms with Crippen molar-refractivity contribution < 1.29 is 14.3 Å². The number of carbonyl (C=O) groups excluding carboxylic acids is 2. The number of anilines is 3. The fourth-order valence-corrected chi connectivity index (χ4v) is 2.26. The Labute approximate surface area is 129 Å². The molecule has 0 aromatic heterocycles. The summed E-state index contributed by atoms with van der Waals surface area (Å²) in [6.45, 7) is 6.07. The molecule has 1 aliphatic rings. The van der Waals surface area contributed by atoms with E-state index >= 15 is 0 Å². The van der Waals surface area contributed by atoms with Crippen molar-refractivity contribution in [3.05, 3.63) is 18.2 Å². The molecule has 2 rings (SSSR count). The monoisotopic (exact) mass is 306 g/mol. The minimum Gasteiger partial charge on any atom is -0.444 e. The van der Waals surface area contributed by atoms with Gasteiger partial charge in [0.15, 0.2) is 0 Å². The van der Waals surface area contributed by atoms with Crippen LogP contribution in [0, 0.1) is 0 Å². The van der Waals surface area contributed by atoms with Crippen LogP contribution in [0.1, 0.15) is 27.2 Å². The van der Waals surface area contributed by atoms with Crippen LogP contribution in [0.25, 0.3) is 0 Å². The molecule has 7 nitrogen and oxygen atoms in total. The van der Waals surface area contributed by atoms with Gasteiger partial charge in [0, 0.05) is 12.2 Å². The van der Waals surface area contributed by atoms with Crippen molar-refractivity contribution >= 4 is 29.1 Å². The quantitative estimate of drug-likeness (QED) is 0.736. The van der Waals surface area contributed by atoms with E-state index in [0.29, 0.717) is 30.0 Å². The van der Waals surface area contributed by atoms with Gasteiger partial charge in [-0.25, -0.2) is 4.79 Å². The largest absolute Gasteiger partial charge is 0.444 e. The fraction of sp³-hybridized carbons (Fsp3) is 0.467. The second-order valence-electron chi connectivity index (χ2n) is 6.30. The normalized spacial score (nSPS) is 17.6. The standard InChI is InChI=1S/C15H22N4O3/c1-15(2,3)22-14(21)18-9-4-5-10(16)12(8-9)19-7-6-11(19)13(17)20/h4-5,8,11H,6-7,16H2,1-3H3,(H2,17,20)(H,18,21). The van der Waals surface area contributed by atoms with Gasteiger partial charge in [0.25, 0.3) is 0 Å². The Hall–Kier alpha value is -2.44. The molecule has 2 amide bonds. The first-order valence-electron chi connectivity index (χ1n) is 7.13. The molecule has 0 aliphatic carbocycles. The first-order chi connectivity index (χ1) is 10.2. The van der Waals surface area contributed by atoms with E-state index < -0.39 is 11.7 Å². The highest BCUT2D eigenvalue weighted by atomic mass is 16.6. The van der Waals surface area contributed by atoms with E-state index in [1.165, 1.54) is 0 Å². The van der Waals surface area contributed by atoms with Gasteiger partial charge >= 0.3 is 6.09 Å². The molecule has 0 spiro atoms. The van der Waals surface area contributed by atoms with Crippen molar-refractivity contribution in [2.45, 2.75) is 38.8 Å². The van der Waals surface area contributed by atoms with E-state index in [4.69, 9.17) is 16.2 Å². The molecule has 1 saturated heterocycles. The van der Waals surface area contributed by atoms with Gasteiger partial charge in [0.1, 0.15) is 11.6 Å². The maximum atomic E-state index is 11.8. The number of hydrogen-bond acceptors (Lipinski definition) is 5. The topological polar surface area (TPSA) is 111 Å². The zero-order valence-corrected chi connectivity index (χ0v) is 13.1. The van der Waals surface area contributed by atoms with Crippen LogP contribution in [-0.2, 0) is 9.53 Å². The number of benzene rings is 1. The van der Waals surface area contributed by atoms with Crippen LogP contribution in [0.3, 0.4) is 0 Å². The van der Waals surface area contributed by atoms with Crippen LogP contribution in [0.15, 0.2) is 18.2 Å². The first-order valence-corrected chi connectivity index (χ1v) is 7.13. The van der Waals surface area contributed by atoms with Crippen molar-refractivity contribution in [1.82, 2.24) is 0 Å². The lowest BCUT2D eigenvalue weighted by Crippen LogP contribution is -2.55. The van der Waals surface area contributed by atoms with E-state index in [1.807, 2.05) is 4.90 Å². The zero-order valence-electron chi connectivity index (χ0n) is 13.1. The van der Waals surface area contributed by atoms with Crippen molar-refractivity contribution in [3.63, 3.8) is 0 Å². The Morgan fingerprint density at radius 1 is 1.36 bits per heavy atom. The molecule has 1 unspecified atom stereocenters. The molecule has 22 heavy (non-hydrogen) atoms. The lowest BCUT2D eigenvalue weighted by atomic mass is 10.0. The Balaban J connectivity index is 2.14. The summed E-state index contributed by atoms with van der Waals surface area (Å²) in [5, 5.41) is 2.65. The summed E-state index contributed by atoms with van der Waals surface area (Å²) in [5.74, 6) is -0.379. The third kappa shape index (κ3) is 3.60. The van der Waals surface area contributed by atoms with Gasteiger partial charge in [0.05, 0.1) is 11.4 Å². The van der Waals surface area contributed by atoms with Crippen LogP contribution in [0.4, 0.5) is 21.9 Å². The zero-order chi connectivity index (χ0) is 16.5. The average molecular weight is 306 g/mol. The number of nitrogen functional groups attached to an aromatic ring is 1. The van der Waals surface area contributed by atoms with Crippen LogP contribution in [0.2, 0.25) is 0 Å². The number of nitrogens with two attached hydrogens (primary N) is 2. The predicted octanol–water partition coefficient (Wildman–Crippen LogP) is 1.68. The molecular weight excluding hydrogens is 284 g/mol. The first kappa shape index (κ1) is 15.9. The maximum absolute atomic E-state index is 11.8. The molecule has 5 N–H and O–H groups in total. The summed E-state index contributed by atoms with van der Waals surface area (Å²) >= 11 is 0. The lowest BCUT2D eigenvalue weighted by Gasteiger charge is -2.41. The molecule has 1 aliphatic heterocycles. The summed E-state index contributed by atoms with van der Waals surface area (Å²) in [4.78, 5) is 25.0. The molecule has 0 radical (unpaired) electrons. The molecule has 1 atom stereocenters. The fourth-order valence-electron chi connectivity index (χ4n) is 2.26. The number of nitrogens with zero attached hydrogens (tertiary/aromatic N) is 1. The van der Waals surface area contributed by atoms with Crippen molar-refractivity contribution in [1.29, 1.82) is 0 Å². The number of carbonyl (C=O) groups is 2. The van der Waals surface area contributed by atoms with Crippen molar-refractivity contribution in [2.24, 2.45) is 5.73 Å². The second kappa shape index (κ2) is 5.75. The van der Waals surface area contributed by atoms with Crippen LogP contribution >= 0.6 is 0 Å². The van der Waals surface area contributed by atoms with E-state index in [-0.39, 0.29) is 11.9 Å². The van der Waals surface area contributed by atoms with Crippen LogP contribution < -0.4 is 21.7 Å². The number of hydrogen-bond donors (Lipinski definition) is 3. The minimum atomic E-state index is -0.574. The van der Waals surface area contributed by atoms with Gasteiger partial charge in [-0.3, -0.25) is 10.1 Å².